The molecule has 0 spiro atoms. The number of hydrazine groups is 1. The molecule has 0 heterocycles. The van der Waals surface area contributed by atoms with Gasteiger partial charge in [-0.25, -0.2) is 13.1 Å². The largest absolute Gasteiger partial charge is 0.359 e. The molecule has 2 rings (SSSR count). The lowest BCUT2D eigenvalue weighted by atomic mass is 10.2. The number of benzene rings is 1. The van der Waals surface area contributed by atoms with Gasteiger partial charge in [0.1, 0.15) is 0 Å². The molecule has 0 unspecified atom stereocenters. The molecule has 144 valence electrons. The number of hydrogen-bond acceptors (Lipinski definition) is 4. The second-order valence-corrected chi connectivity index (χ2v) is 8.61. The van der Waals surface area contributed by atoms with Gasteiger partial charge in [0.05, 0.1) is 4.90 Å². The highest BCUT2D eigenvalue weighted by Gasteiger charge is 2.18. The van der Waals surface area contributed by atoms with E-state index in [0.29, 0.717) is 23.1 Å². The Morgan fingerprint density at radius 3 is 2.38 bits per heavy atom. The fourth-order valence-electron chi connectivity index (χ4n) is 2.68. The SMILES string of the molecule is CC[C@@H](C)NS(=O)(=O)c1ccc(C(=O)NNC(=S)NC2CCCC2)cc1. The standard InChI is InChI=1S/C17H26N4O3S2/c1-3-12(2)21-26(23,24)15-10-8-13(9-11-15)16(22)19-20-17(25)18-14-6-4-5-7-14/h8-12,14,21H,3-7H2,1-2H3,(H,19,22)(H2,18,20,25)/t12-/m1/s1. The molecule has 1 aromatic carbocycles. The average Bonchev–Trinajstić information content (AvgIpc) is 3.12. The van der Waals surface area contributed by atoms with Crippen LogP contribution in [-0.4, -0.2) is 31.5 Å². The minimum Gasteiger partial charge on any atom is -0.359 e. The number of sulfonamides is 1. The van der Waals surface area contributed by atoms with Crippen molar-refractivity contribution in [1.82, 2.24) is 20.9 Å². The number of hydrogen-bond donors (Lipinski definition) is 4. The number of carbonyl (C=O) groups excluding carboxylic acids is 1. The number of nitrogens with one attached hydrogen (secondary N) is 4. The monoisotopic (exact) mass is 398 g/mol. The summed E-state index contributed by atoms with van der Waals surface area (Å²) in [5, 5.41) is 3.53. The van der Waals surface area contributed by atoms with Crippen LogP contribution in [0.4, 0.5) is 0 Å². The number of carbonyl (C=O) groups is 1. The lowest BCUT2D eigenvalue weighted by Crippen LogP contribution is -2.49. The van der Waals surface area contributed by atoms with E-state index in [1.165, 1.54) is 37.1 Å². The van der Waals surface area contributed by atoms with E-state index < -0.39 is 10.0 Å². The van der Waals surface area contributed by atoms with Crippen molar-refractivity contribution in [2.45, 2.75) is 62.9 Å². The average molecular weight is 399 g/mol. The summed E-state index contributed by atoms with van der Waals surface area (Å²) in [7, 11) is -3.58. The Hall–Kier alpha value is -1.71. The first-order valence-electron chi connectivity index (χ1n) is 8.81. The third-order valence-electron chi connectivity index (χ3n) is 4.38. The Morgan fingerprint density at radius 1 is 1.19 bits per heavy atom. The fraction of sp³-hybridized carbons (Fsp3) is 0.529. The van der Waals surface area contributed by atoms with Crippen molar-refractivity contribution in [3.8, 4) is 0 Å². The maximum atomic E-state index is 12.2. The van der Waals surface area contributed by atoms with E-state index in [-0.39, 0.29) is 16.8 Å². The second kappa shape index (κ2) is 9.29. The molecule has 0 aliphatic heterocycles. The van der Waals surface area contributed by atoms with Crippen LogP contribution in [-0.2, 0) is 10.0 Å². The molecule has 26 heavy (non-hydrogen) atoms. The van der Waals surface area contributed by atoms with Gasteiger partial charge in [0, 0.05) is 17.6 Å². The van der Waals surface area contributed by atoms with Crippen LogP contribution in [0.2, 0.25) is 0 Å². The summed E-state index contributed by atoms with van der Waals surface area (Å²) in [6.45, 7) is 3.70. The van der Waals surface area contributed by atoms with Crippen LogP contribution in [0.25, 0.3) is 0 Å². The summed E-state index contributed by atoms with van der Waals surface area (Å²) >= 11 is 5.16. The van der Waals surface area contributed by atoms with E-state index in [2.05, 4.69) is 20.9 Å². The van der Waals surface area contributed by atoms with Crippen LogP contribution >= 0.6 is 12.2 Å². The molecular formula is C17H26N4O3S2. The Labute approximate surface area is 160 Å². The predicted molar refractivity (Wildman–Crippen MR) is 105 cm³/mol. The van der Waals surface area contributed by atoms with Crippen LogP contribution in [0.15, 0.2) is 29.2 Å². The van der Waals surface area contributed by atoms with Gasteiger partial charge in [0.2, 0.25) is 10.0 Å². The van der Waals surface area contributed by atoms with Crippen molar-refractivity contribution < 1.29 is 13.2 Å². The van der Waals surface area contributed by atoms with Crippen LogP contribution in [0.1, 0.15) is 56.3 Å². The molecule has 1 saturated carbocycles. The molecule has 9 heteroatoms. The van der Waals surface area contributed by atoms with Gasteiger partial charge < -0.3 is 5.32 Å². The molecule has 1 aromatic rings. The molecule has 4 N–H and O–H groups in total. The maximum Gasteiger partial charge on any atom is 0.269 e. The van der Waals surface area contributed by atoms with Gasteiger partial charge in [-0.15, -0.1) is 0 Å². The molecule has 0 aromatic heterocycles. The summed E-state index contributed by atoms with van der Waals surface area (Å²) < 4.78 is 27.0. The summed E-state index contributed by atoms with van der Waals surface area (Å²) in [5.74, 6) is -0.389. The molecule has 7 nitrogen and oxygen atoms in total. The first-order chi connectivity index (χ1) is 12.3. The zero-order valence-electron chi connectivity index (χ0n) is 15.0. The molecular weight excluding hydrogens is 372 g/mol. The molecule has 0 saturated heterocycles. The lowest BCUT2D eigenvalue weighted by molar-refractivity contribution is 0.0943. The van der Waals surface area contributed by atoms with Crippen molar-refractivity contribution in [2.75, 3.05) is 0 Å². The van der Waals surface area contributed by atoms with Crippen LogP contribution in [0.3, 0.4) is 0 Å². The maximum absolute atomic E-state index is 12.2. The minimum atomic E-state index is -3.58. The van der Waals surface area contributed by atoms with E-state index in [9.17, 15) is 13.2 Å². The van der Waals surface area contributed by atoms with Crippen molar-refractivity contribution in [3.63, 3.8) is 0 Å². The van der Waals surface area contributed by atoms with Gasteiger partial charge in [0.15, 0.2) is 5.11 Å². The number of thiocarbonyl (C=S) groups is 1. The van der Waals surface area contributed by atoms with E-state index >= 15 is 0 Å². The third-order valence-corrected chi connectivity index (χ3v) is 6.20. The van der Waals surface area contributed by atoms with Gasteiger partial charge >= 0.3 is 0 Å². The first-order valence-corrected chi connectivity index (χ1v) is 10.7. The van der Waals surface area contributed by atoms with Crippen molar-refractivity contribution in [3.05, 3.63) is 29.8 Å². The fourth-order valence-corrected chi connectivity index (χ4v) is 4.22. The molecule has 1 fully saturated rings. The zero-order chi connectivity index (χ0) is 19.2. The first kappa shape index (κ1) is 20.6. The highest BCUT2D eigenvalue weighted by Crippen LogP contribution is 2.17. The predicted octanol–water partition coefficient (Wildman–Crippen LogP) is 1.81. The normalized spacial score (nSPS) is 16.1. The lowest BCUT2D eigenvalue weighted by Gasteiger charge is -2.16. The van der Waals surface area contributed by atoms with Crippen LogP contribution < -0.4 is 20.9 Å². The summed E-state index contributed by atoms with van der Waals surface area (Å²) in [5.41, 5.74) is 5.53. The zero-order valence-corrected chi connectivity index (χ0v) is 16.7. The van der Waals surface area contributed by atoms with Crippen molar-refractivity contribution >= 4 is 33.3 Å². The number of amides is 1. The van der Waals surface area contributed by atoms with E-state index in [1.54, 1.807) is 6.92 Å². The minimum absolute atomic E-state index is 0.126. The summed E-state index contributed by atoms with van der Waals surface area (Å²) in [4.78, 5) is 12.3. The molecule has 0 bridgehead atoms. The molecule has 1 atom stereocenters. The smallest absolute Gasteiger partial charge is 0.269 e. The third kappa shape index (κ3) is 5.93. The van der Waals surface area contributed by atoms with Gasteiger partial charge in [-0.2, -0.15) is 0 Å². The van der Waals surface area contributed by atoms with Crippen molar-refractivity contribution in [2.24, 2.45) is 0 Å². The Kier molecular flexibility index (Phi) is 7.36. The Morgan fingerprint density at radius 2 is 1.81 bits per heavy atom. The van der Waals surface area contributed by atoms with E-state index in [1.807, 2.05) is 6.92 Å². The van der Waals surface area contributed by atoms with Crippen LogP contribution in [0.5, 0.6) is 0 Å². The van der Waals surface area contributed by atoms with Gasteiger partial charge in [-0.05, 0) is 62.7 Å². The number of rotatable bonds is 6. The Balaban J connectivity index is 1.88. The highest BCUT2D eigenvalue weighted by molar-refractivity contribution is 7.89. The Bertz CT molecular complexity index is 729. The van der Waals surface area contributed by atoms with Gasteiger partial charge in [-0.3, -0.25) is 15.6 Å². The van der Waals surface area contributed by atoms with Crippen molar-refractivity contribution in [1.29, 1.82) is 0 Å². The molecule has 0 radical (unpaired) electrons. The summed E-state index contributed by atoms with van der Waals surface area (Å²) in [6.07, 6.45) is 5.23. The van der Waals surface area contributed by atoms with Crippen LogP contribution in [0, 0.1) is 0 Å². The molecule has 1 aliphatic carbocycles. The highest BCUT2D eigenvalue weighted by atomic mass is 32.2. The summed E-state index contributed by atoms with van der Waals surface area (Å²) in [6, 6.07) is 5.96. The van der Waals surface area contributed by atoms with Gasteiger partial charge in [-0.1, -0.05) is 19.8 Å². The van der Waals surface area contributed by atoms with E-state index in [0.717, 1.165) is 12.8 Å². The molecule has 1 amide bonds. The molecule has 1 aliphatic rings. The second-order valence-electron chi connectivity index (χ2n) is 6.49. The van der Waals surface area contributed by atoms with E-state index in [4.69, 9.17) is 12.2 Å². The quantitative estimate of drug-likeness (QED) is 0.431. The van der Waals surface area contributed by atoms with Gasteiger partial charge in [0.25, 0.3) is 5.91 Å². The topological polar surface area (TPSA) is 99.3 Å².